The van der Waals surface area contributed by atoms with E-state index in [1.807, 2.05) is 0 Å². The zero-order chi connectivity index (χ0) is 13.1. The van der Waals surface area contributed by atoms with Crippen molar-refractivity contribution in [3.63, 3.8) is 0 Å². The van der Waals surface area contributed by atoms with Gasteiger partial charge >= 0.3 is 0 Å². The van der Waals surface area contributed by atoms with Crippen molar-refractivity contribution in [2.45, 2.75) is 0 Å². The van der Waals surface area contributed by atoms with E-state index in [1.165, 1.54) is 18.3 Å². The largest absolute Gasteiger partial charge is 0.374 e. The zero-order valence-corrected chi connectivity index (χ0v) is 9.29. The monoisotopic (exact) mass is 246 g/mol. The van der Waals surface area contributed by atoms with Crippen LogP contribution in [0.5, 0.6) is 0 Å². The van der Waals surface area contributed by atoms with Gasteiger partial charge in [-0.2, -0.15) is 0 Å². The van der Waals surface area contributed by atoms with Gasteiger partial charge < -0.3 is 11.1 Å². The smallest absolute Gasteiger partial charge is 0.278 e. The Bertz CT molecular complexity index is 627. The number of nitro groups is 1. The van der Waals surface area contributed by atoms with Crippen LogP contribution in [0, 0.1) is 10.1 Å². The Morgan fingerprint density at radius 3 is 2.89 bits per heavy atom. The summed E-state index contributed by atoms with van der Waals surface area (Å²) in [6, 6.07) is 6.10. The highest BCUT2D eigenvalue weighted by Crippen LogP contribution is 2.29. The predicted octanol–water partition coefficient (Wildman–Crippen LogP) is 1.04. The van der Waals surface area contributed by atoms with Gasteiger partial charge in [-0.1, -0.05) is 0 Å². The molecular weight excluding hydrogens is 236 g/mol. The minimum atomic E-state index is -0.516. The summed E-state index contributed by atoms with van der Waals surface area (Å²) in [7, 11) is 0. The van der Waals surface area contributed by atoms with Gasteiger partial charge in [-0.05, 0) is 18.2 Å². The Kier molecular flexibility index (Phi) is 3.05. The van der Waals surface area contributed by atoms with E-state index in [4.69, 9.17) is 5.73 Å². The third-order valence-corrected chi connectivity index (χ3v) is 2.40. The fraction of sp³-hybridized carbons (Fsp3) is 0.0909. The standard InChI is InChI=1S/C11H10N4O3/c12-10(16)6-14-8-3-4-9(15(17)18)7-2-1-5-13-11(7)8/h1-5,14H,6H2,(H2,12,16). The van der Waals surface area contributed by atoms with Gasteiger partial charge in [0.1, 0.15) is 5.52 Å². The topological polar surface area (TPSA) is 111 Å². The van der Waals surface area contributed by atoms with E-state index in [0.717, 1.165) is 0 Å². The number of benzene rings is 1. The van der Waals surface area contributed by atoms with Crippen LogP contribution in [-0.4, -0.2) is 22.4 Å². The van der Waals surface area contributed by atoms with Crippen molar-refractivity contribution in [1.29, 1.82) is 0 Å². The number of rotatable bonds is 4. The minimum absolute atomic E-state index is 0.0253. The van der Waals surface area contributed by atoms with Gasteiger partial charge in [-0.25, -0.2) is 0 Å². The molecule has 0 fully saturated rings. The average Bonchev–Trinajstić information content (AvgIpc) is 2.35. The van der Waals surface area contributed by atoms with Crippen molar-refractivity contribution < 1.29 is 9.72 Å². The molecule has 2 aromatic rings. The SMILES string of the molecule is NC(=O)CNc1ccc([N+](=O)[O-])c2cccnc12. The molecule has 0 atom stereocenters. The molecule has 92 valence electrons. The number of pyridine rings is 1. The maximum atomic E-state index is 10.9. The van der Waals surface area contributed by atoms with Gasteiger partial charge in [0.2, 0.25) is 5.91 Å². The number of carbonyl (C=O) groups excluding carboxylic acids is 1. The van der Waals surface area contributed by atoms with Gasteiger partial charge in [-0.15, -0.1) is 0 Å². The number of non-ortho nitro benzene ring substituents is 1. The summed E-state index contributed by atoms with van der Waals surface area (Å²) in [6.07, 6.45) is 1.53. The van der Waals surface area contributed by atoms with Crippen molar-refractivity contribution in [1.82, 2.24) is 4.98 Å². The first-order valence-electron chi connectivity index (χ1n) is 5.14. The molecule has 2 rings (SSSR count). The summed E-state index contributed by atoms with van der Waals surface area (Å²) in [4.78, 5) is 25.2. The number of fused-ring (bicyclic) bond motifs is 1. The quantitative estimate of drug-likeness (QED) is 0.618. The lowest BCUT2D eigenvalue weighted by Crippen LogP contribution is -2.21. The zero-order valence-electron chi connectivity index (χ0n) is 9.29. The maximum absolute atomic E-state index is 10.9. The Balaban J connectivity index is 2.53. The number of nitro benzene ring substituents is 1. The van der Waals surface area contributed by atoms with E-state index in [0.29, 0.717) is 16.6 Å². The number of nitrogens with one attached hydrogen (secondary N) is 1. The van der Waals surface area contributed by atoms with Crippen molar-refractivity contribution in [2.75, 3.05) is 11.9 Å². The van der Waals surface area contributed by atoms with Gasteiger partial charge in [0.15, 0.2) is 0 Å². The molecule has 0 unspecified atom stereocenters. The number of nitrogens with two attached hydrogens (primary N) is 1. The number of hydrogen-bond acceptors (Lipinski definition) is 5. The molecular formula is C11H10N4O3. The molecule has 0 aliphatic carbocycles. The first-order valence-corrected chi connectivity index (χ1v) is 5.14. The Labute approximate surface area is 102 Å². The van der Waals surface area contributed by atoms with Crippen LogP contribution in [0.25, 0.3) is 10.9 Å². The predicted molar refractivity (Wildman–Crippen MR) is 66.1 cm³/mol. The van der Waals surface area contributed by atoms with E-state index in [1.54, 1.807) is 12.1 Å². The molecule has 0 bridgehead atoms. The van der Waals surface area contributed by atoms with Crippen LogP contribution in [0.2, 0.25) is 0 Å². The van der Waals surface area contributed by atoms with Crippen LogP contribution < -0.4 is 11.1 Å². The molecule has 1 amide bonds. The van der Waals surface area contributed by atoms with Crippen LogP contribution in [-0.2, 0) is 4.79 Å². The highest BCUT2D eigenvalue weighted by atomic mass is 16.6. The second-order valence-electron chi connectivity index (χ2n) is 3.61. The summed E-state index contributed by atoms with van der Waals surface area (Å²) < 4.78 is 0. The summed E-state index contributed by atoms with van der Waals surface area (Å²) >= 11 is 0. The van der Waals surface area contributed by atoms with E-state index >= 15 is 0 Å². The van der Waals surface area contributed by atoms with Gasteiger partial charge in [0, 0.05) is 12.3 Å². The molecule has 0 aliphatic heterocycles. The fourth-order valence-corrected chi connectivity index (χ4v) is 1.64. The highest BCUT2D eigenvalue weighted by molar-refractivity contribution is 5.97. The summed E-state index contributed by atoms with van der Waals surface area (Å²) in [5.41, 5.74) is 5.98. The lowest BCUT2D eigenvalue weighted by molar-refractivity contribution is -0.383. The average molecular weight is 246 g/mol. The maximum Gasteiger partial charge on any atom is 0.278 e. The van der Waals surface area contributed by atoms with E-state index in [9.17, 15) is 14.9 Å². The molecule has 1 aromatic heterocycles. The summed E-state index contributed by atoms with van der Waals surface area (Å²) in [5, 5.41) is 14.1. The highest BCUT2D eigenvalue weighted by Gasteiger charge is 2.14. The molecule has 0 aliphatic rings. The molecule has 0 spiro atoms. The second kappa shape index (κ2) is 4.66. The summed E-state index contributed by atoms with van der Waals surface area (Å²) in [6.45, 7) is -0.0521. The summed E-state index contributed by atoms with van der Waals surface area (Å²) in [5.74, 6) is -0.516. The van der Waals surface area contributed by atoms with Crippen molar-refractivity contribution in [3.05, 3.63) is 40.6 Å². The van der Waals surface area contributed by atoms with Gasteiger partial charge in [0.25, 0.3) is 5.69 Å². The number of carbonyl (C=O) groups is 1. The van der Waals surface area contributed by atoms with Gasteiger partial charge in [-0.3, -0.25) is 19.9 Å². The van der Waals surface area contributed by atoms with Crippen molar-refractivity contribution in [2.24, 2.45) is 5.73 Å². The Hall–Kier alpha value is -2.70. The van der Waals surface area contributed by atoms with Crippen LogP contribution >= 0.6 is 0 Å². The van der Waals surface area contributed by atoms with Crippen molar-refractivity contribution in [3.8, 4) is 0 Å². The van der Waals surface area contributed by atoms with Crippen LogP contribution in [0.1, 0.15) is 0 Å². The first-order chi connectivity index (χ1) is 8.59. The molecule has 18 heavy (non-hydrogen) atoms. The molecule has 7 nitrogen and oxygen atoms in total. The van der Waals surface area contributed by atoms with E-state index in [-0.39, 0.29) is 12.2 Å². The molecule has 3 N–H and O–H groups in total. The molecule has 0 radical (unpaired) electrons. The third-order valence-electron chi connectivity index (χ3n) is 2.40. The molecule has 7 heteroatoms. The Morgan fingerprint density at radius 2 is 2.22 bits per heavy atom. The van der Waals surface area contributed by atoms with Gasteiger partial charge in [0.05, 0.1) is 22.5 Å². The molecule has 1 heterocycles. The number of anilines is 1. The third kappa shape index (κ3) is 2.19. The first kappa shape index (κ1) is 11.8. The molecule has 1 aromatic carbocycles. The number of aromatic nitrogens is 1. The van der Waals surface area contributed by atoms with Crippen LogP contribution in [0.3, 0.4) is 0 Å². The van der Waals surface area contributed by atoms with Crippen molar-refractivity contribution >= 4 is 28.2 Å². The molecule has 0 saturated carbocycles. The normalized spacial score (nSPS) is 10.2. The number of hydrogen-bond donors (Lipinski definition) is 2. The van der Waals surface area contributed by atoms with Crippen LogP contribution in [0.4, 0.5) is 11.4 Å². The van der Waals surface area contributed by atoms with Crippen LogP contribution in [0.15, 0.2) is 30.5 Å². The molecule has 0 saturated heterocycles. The number of nitrogens with zero attached hydrogens (tertiary/aromatic N) is 2. The Morgan fingerprint density at radius 1 is 1.44 bits per heavy atom. The fourth-order valence-electron chi connectivity index (χ4n) is 1.64. The number of primary amides is 1. The van der Waals surface area contributed by atoms with E-state index in [2.05, 4.69) is 10.3 Å². The lowest BCUT2D eigenvalue weighted by Gasteiger charge is -2.07. The number of amides is 1. The minimum Gasteiger partial charge on any atom is -0.374 e. The van der Waals surface area contributed by atoms with E-state index < -0.39 is 10.8 Å². The lowest BCUT2D eigenvalue weighted by atomic mass is 10.1. The second-order valence-corrected chi connectivity index (χ2v) is 3.61.